The number of halogens is 1. The van der Waals surface area contributed by atoms with E-state index in [1.807, 2.05) is 47.5 Å². The average molecular weight is 505 g/mol. The molecule has 0 aliphatic carbocycles. The molecule has 1 saturated heterocycles. The lowest BCUT2D eigenvalue weighted by molar-refractivity contribution is 0.353. The van der Waals surface area contributed by atoms with Gasteiger partial charge in [-0.3, -0.25) is 0 Å². The molecule has 1 fully saturated rings. The number of guanidine groups is 1. The zero-order valence-corrected chi connectivity index (χ0v) is 19.4. The van der Waals surface area contributed by atoms with Gasteiger partial charge in [0.15, 0.2) is 15.8 Å². The highest BCUT2D eigenvalue weighted by molar-refractivity contribution is 14.0. The highest BCUT2D eigenvalue weighted by Crippen LogP contribution is 2.23. The van der Waals surface area contributed by atoms with Crippen molar-refractivity contribution in [2.24, 2.45) is 4.99 Å². The SMILES string of the molecule is CCNC(=NCc1cn2c(C)cccc2n1)N1CCS(=O)(=O)C(C)(C)C1.I. The number of nitrogens with zero attached hydrogens (tertiary/aromatic N) is 4. The Morgan fingerprint density at radius 3 is 2.74 bits per heavy atom. The largest absolute Gasteiger partial charge is 0.357 e. The van der Waals surface area contributed by atoms with E-state index in [2.05, 4.69) is 10.3 Å². The molecule has 0 bridgehead atoms. The summed E-state index contributed by atoms with van der Waals surface area (Å²) in [4.78, 5) is 11.4. The molecule has 1 aliphatic heterocycles. The monoisotopic (exact) mass is 505 g/mol. The van der Waals surface area contributed by atoms with Gasteiger partial charge in [-0.2, -0.15) is 0 Å². The van der Waals surface area contributed by atoms with Gasteiger partial charge >= 0.3 is 0 Å². The summed E-state index contributed by atoms with van der Waals surface area (Å²) in [6.45, 7) is 9.69. The predicted molar refractivity (Wildman–Crippen MR) is 120 cm³/mol. The van der Waals surface area contributed by atoms with Gasteiger partial charge < -0.3 is 14.6 Å². The topological polar surface area (TPSA) is 79.1 Å². The van der Waals surface area contributed by atoms with Crippen LogP contribution in [0.25, 0.3) is 5.65 Å². The van der Waals surface area contributed by atoms with Gasteiger partial charge in [-0.25, -0.2) is 18.4 Å². The van der Waals surface area contributed by atoms with Gasteiger partial charge in [-0.05, 0) is 39.8 Å². The zero-order chi connectivity index (χ0) is 18.9. The van der Waals surface area contributed by atoms with E-state index in [1.54, 1.807) is 13.8 Å². The van der Waals surface area contributed by atoms with Gasteiger partial charge in [-0.15, -0.1) is 24.0 Å². The van der Waals surface area contributed by atoms with Gasteiger partial charge in [-0.1, -0.05) is 6.07 Å². The van der Waals surface area contributed by atoms with E-state index >= 15 is 0 Å². The second-order valence-electron chi connectivity index (χ2n) is 7.30. The summed E-state index contributed by atoms with van der Waals surface area (Å²) in [6, 6.07) is 6.01. The first-order valence-corrected chi connectivity index (χ1v) is 10.6. The molecule has 3 rings (SSSR count). The first-order chi connectivity index (χ1) is 12.2. The molecule has 0 radical (unpaired) electrons. The number of aryl methyl sites for hydroxylation is 1. The minimum atomic E-state index is -3.07. The van der Waals surface area contributed by atoms with Crippen molar-refractivity contribution in [2.75, 3.05) is 25.4 Å². The normalized spacial score (nSPS) is 19.0. The lowest BCUT2D eigenvalue weighted by atomic mass is 10.2. The Morgan fingerprint density at radius 1 is 1.37 bits per heavy atom. The van der Waals surface area contributed by atoms with Crippen molar-refractivity contribution >= 4 is 45.4 Å². The number of pyridine rings is 1. The second kappa shape index (κ2) is 8.34. The molecule has 0 atom stereocenters. The summed E-state index contributed by atoms with van der Waals surface area (Å²) >= 11 is 0. The fourth-order valence-corrected chi connectivity index (χ4v) is 4.55. The van der Waals surface area contributed by atoms with Crippen LogP contribution >= 0.6 is 24.0 Å². The predicted octanol–water partition coefficient (Wildman–Crippen LogP) is 2.24. The Hall–Kier alpha value is -1.36. The van der Waals surface area contributed by atoms with Crippen LogP contribution in [-0.4, -0.2) is 58.8 Å². The Bertz CT molecular complexity index is 936. The molecule has 3 heterocycles. The quantitative estimate of drug-likeness (QED) is 0.394. The van der Waals surface area contributed by atoms with Crippen LogP contribution < -0.4 is 5.32 Å². The van der Waals surface area contributed by atoms with E-state index in [1.165, 1.54) is 0 Å². The molecule has 0 saturated carbocycles. The number of hydrogen-bond acceptors (Lipinski definition) is 4. The molecule has 0 spiro atoms. The molecule has 1 N–H and O–H groups in total. The maximum atomic E-state index is 12.2. The van der Waals surface area contributed by atoms with Crippen LogP contribution in [0.5, 0.6) is 0 Å². The molecule has 150 valence electrons. The van der Waals surface area contributed by atoms with Crippen molar-refractivity contribution in [2.45, 2.75) is 39.0 Å². The number of nitrogens with one attached hydrogen (secondary N) is 1. The Labute approximate surface area is 178 Å². The summed E-state index contributed by atoms with van der Waals surface area (Å²) in [5.41, 5.74) is 2.92. The highest BCUT2D eigenvalue weighted by Gasteiger charge is 2.40. The third-order valence-electron chi connectivity index (χ3n) is 4.81. The van der Waals surface area contributed by atoms with Crippen LogP contribution in [0.15, 0.2) is 29.4 Å². The first-order valence-electron chi connectivity index (χ1n) is 8.93. The fraction of sp³-hybridized carbons (Fsp3) is 0.556. The molecular formula is C18H28IN5O2S. The summed E-state index contributed by atoms with van der Waals surface area (Å²) in [5, 5.41) is 3.28. The molecule has 2 aromatic heterocycles. The Kier molecular flexibility index (Phi) is 6.77. The first kappa shape index (κ1) is 21.9. The fourth-order valence-electron chi connectivity index (χ4n) is 3.18. The second-order valence-corrected chi connectivity index (χ2v) is 10.0. The molecule has 27 heavy (non-hydrogen) atoms. The average Bonchev–Trinajstić information content (AvgIpc) is 2.99. The number of sulfone groups is 1. The Morgan fingerprint density at radius 2 is 2.11 bits per heavy atom. The molecule has 0 aromatic carbocycles. The molecule has 1 aliphatic rings. The van der Waals surface area contributed by atoms with Gasteiger partial charge in [0.1, 0.15) is 5.65 Å². The molecule has 0 amide bonds. The molecular weight excluding hydrogens is 477 g/mol. The van der Waals surface area contributed by atoms with Crippen LogP contribution in [0.1, 0.15) is 32.2 Å². The number of imidazole rings is 1. The summed E-state index contributed by atoms with van der Waals surface area (Å²) in [5.74, 6) is 0.891. The van der Waals surface area contributed by atoms with E-state index < -0.39 is 14.6 Å². The summed E-state index contributed by atoms with van der Waals surface area (Å²) < 4.78 is 25.8. The minimum absolute atomic E-state index is 0. The zero-order valence-electron chi connectivity index (χ0n) is 16.3. The standard InChI is InChI=1S/C18H27N5O2S.HI/c1-5-19-17(22-9-10-26(24,25)18(3,4)13-22)20-11-15-12-23-14(2)7-6-8-16(23)21-15;/h6-8,12H,5,9-11,13H2,1-4H3,(H,19,20);1H. The van der Waals surface area contributed by atoms with E-state index in [9.17, 15) is 8.42 Å². The third-order valence-corrected chi connectivity index (χ3v) is 7.35. The molecule has 0 unspecified atom stereocenters. The lowest BCUT2D eigenvalue weighted by Gasteiger charge is -2.39. The van der Waals surface area contributed by atoms with Crippen LogP contribution in [0, 0.1) is 6.92 Å². The van der Waals surface area contributed by atoms with E-state index in [0.717, 1.165) is 29.5 Å². The van der Waals surface area contributed by atoms with E-state index in [4.69, 9.17) is 4.99 Å². The summed E-state index contributed by atoms with van der Waals surface area (Å²) in [7, 11) is -3.07. The minimum Gasteiger partial charge on any atom is -0.357 e. The van der Waals surface area contributed by atoms with Crippen LogP contribution in [0.2, 0.25) is 0 Å². The number of fused-ring (bicyclic) bond motifs is 1. The number of aromatic nitrogens is 2. The maximum Gasteiger partial charge on any atom is 0.194 e. The van der Waals surface area contributed by atoms with Gasteiger partial charge in [0, 0.05) is 31.5 Å². The van der Waals surface area contributed by atoms with Gasteiger partial charge in [0.05, 0.1) is 22.7 Å². The highest BCUT2D eigenvalue weighted by atomic mass is 127. The number of rotatable bonds is 3. The van der Waals surface area contributed by atoms with Crippen molar-refractivity contribution in [3.8, 4) is 0 Å². The van der Waals surface area contributed by atoms with Gasteiger partial charge in [0.25, 0.3) is 0 Å². The lowest BCUT2D eigenvalue weighted by Crippen LogP contribution is -2.57. The van der Waals surface area contributed by atoms with Crippen LogP contribution in [0.3, 0.4) is 0 Å². The van der Waals surface area contributed by atoms with E-state index in [0.29, 0.717) is 19.6 Å². The number of hydrogen-bond donors (Lipinski definition) is 1. The van der Waals surface area contributed by atoms with Crippen LogP contribution in [0.4, 0.5) is 0 Å². The van der Waals surface area contributed by atoms with E-state index in [-0.39, 0.29) is 29.7 Å². The van der Waals surface area contributed by atoms with Gasteiger partial charge in [0.2, 0.25) is 0 Å². The van der Waals surface area contributed by atoms with Crippen molar-refractivity contribution in [3.63, 3.8) is 0 Å². The Balaban J connectivity index is 0.00000261. The van der Waals surface area contributed by atoms with Crippen molar-refractivity contribution in [3.05, 3.63) is 35.8 Å². The molecule has 2 aromatic rings. The number of aliphatic imine (C=N–C) groups is 1. The third kappa shape index (κ3) is 4.56. The van der Waals surface area contributed by atoms with Crippen molar-refractivity contribution in [1.82, 2.24) is 19.6 Å². The van der Waals surface area contributed by atoms with Crippen molar-refractivity contribution < 1.29 is 8.42 Å². The van der Waals surface area contributed by atoms with Crippen molar-refractivity contribution in [1.29, 1.82) is 0 Å². The van der Waals surface area contributed by atoms with Crippen LogP contribution in [-0.2, 0) is 16.4 Å². The smallest absolute Gasteiger partial charge is 0.194 e. The maximum absolute atomic E-state index is 12.2. The summed E-state index contributed by atoms with van der Waals surface area (Å²) in [6.07, 6.45) is 2.00. The molecule has 9 heteroatoms. The molecule has 7 nitrogen and oxygen atoms in total.